The zero-order chi connectivity index (χ0) is 11.2. The Morgan fingerprint density at radius 1 is 1.06 bits per heavy atom. The summed E-state index contributed by atoms with van der Waals surface area (Å²) < 4.78 is 0. The van der Waals surface area contributed by atoms with Gasteiger partial charge in [-0.15, -0.1) is 0 Å². The Morgan fingerprint density at radius 2 is 1.75 bits per heavy atom. The molecule has 3 unspecified atom stereocenters. The molecule has 0 aromatic heterocycles. The lowest BCUT2D eigenvalue weighted by atomic mass is 9.49. The molecule has 4 bridgehead atoms. The molecule has 4 saturated carbocycles. The Bertz CT molecular complexity index is 246. The van der Waals surface area contributed by atoms with Gasteiger partial charge in [-0.25, -0.2) is 0 Å². The molecule has 4 fully saturated rings. The molecule has 1 nitrogen and oxygen atoms in total. The van der Waals surface area contributed by atoms with Gasteiger partial charge in [0.2, 0.25) is 0 Å². The summed E-state index contributed by atoms with van der Waals surface area (Å²) in [6, 6.07) is 0. The predicted molar refractivity (Wildman–Crippen MR) is 66.1 cm³/mol. The van der Waals surface area contributed by atoms with Gasteiger partial charge in [-0.1, -0.05) is 26.2 Å². The van der Waals surface area contributed by atoms with Gasteiger partial charge in [-0.05, 0) is 62.2 Å². The van der Waals surface area contributed by atoms with Gasteiger partial charge in [-0.3, -0.25) is 0 Å². The van der Waals surface area contributed by atoms with E-state index in [4.69, 9.17) is 0 Å². The second-order valence-corrected chi connectivity index (χ2v) is 6.81. The van der Waals surface area contributed by atoms with E-state index in [1.807, 2.05) is 0 Å². The molecule has 0 heterocycles. The lowest BCUT2D eigenvalue weighted by Gasteiger charge is -2.59. The molecule has 4 rings (SSSR count). The minimum absolute atomic E-state index is 0.234. The standard InChI is InChI=1S/C15H26O/c1-2-3-4-5-14-13-7-11-6-12(8-13)10-15(14,16)9-11/h11-14,16H,2-10H2,1H3. The Kier molecular flexibility index (Phi) is 2.78. The summed E-state index contributed by atoms with van der Waals surface area (Å²) >= 11 is 0. The van der Waals surface area contributed by atoms with E-state index >= 15 is 0 Å². The first-order valence-corrected chi connectivity index (χ1v) is 7.43. The van der Waals surface area contributed by atoms with Crippen LogP contribution in [0.1, 0.15) is 64.7 Å². The first-order chi connectivity index (χ1) is 7.71. The fourth-order valence-corrected chi connectivity index (χ4v) is 5.22. The van der Waals surface area contributed by atoms with Gasteiger partial charge in [0.1, 0.15) is 0 Å². The third-order valence-corrected chi connectivity index (χ3v) is 5.60. The van der Waals surface area contributed by atoms with Crippen LogP contribution in [0.5, 0.6) is 0 Å². The molecule has 92 valence electrons. The van der Waals surface area contributed by atoms with E-state index in [1.54, 1.807) is 0 Å². The van der Waals surface area contributed by atoms with Crippen molar-refractivity contribution >= 4 is 0 Å². The molecule has 0 saturated heterocycles. The average molecular weight is 222 g/mol. The van der Waals surface area contributed by atoms with E-state index in [1.165, 1.54) is 44.9 Å². The quantitative estimate of drug-likeness (QED) is 0.718. The lowest BCUT2D eigenvalue weighted by molar-refractivity contribution is -0.173. The molecule has 0 aromatic carbocycles. The summed E-state index contributed by atoms with van der Waals surface area (Å²) in [4.78, 5) is 0. The van der Waals surface area contributed by atoms with Crippen LogP contribution in [-0.4, -0.2) is 10.7 Å². The van der Waals surface area contributed by atoms with Crippen LogP contribution in [0.2, 0.25) is 0 Å². The Balaban J connectivity index is 1.69. The first kappa shape index (κ1) is 11.1. The van der Waals surface area contributed by atoms with Crippen molar-refractivity contribution in [2.24, 2.45) is 23.7 Å². The van der Waals surface area contributed by atoms with E-state index in [0.717, 1.165) is 30.6 Å². The van der Waals surface area contributed by atoms with Gasteiger partial charge in [0, 0.05) is 0 Å². The summed E-state index contributed by atoms with van der Waals surface area (Å²) in [6.07, 6.45) is 11.9. The molecule has 4 aliphatic rings. The fraction of sp³-hybridized carbons (Fsp3) is 1.00. The maximum atomic E-state index is 10.9. The van der Waals surface area contributed by atoms with Crippen molar-refractivity contribution < 1.29 is 5.11 Å². The van der Waals surface area contributed by atoms with Gasteiger partial charge < -0.3 is 5.11 Å². The highest BCUT2D eigenvalue weighted by molar-refractivity contribution is 5.06. The van der Waals surface area contributed by atoms with Crippen molar-refractivity contribution in [3.05, 3.63) is 0 Å². The topological polar surface area (TPSA) is 20.2 Å². The maximum Gasteiger partial charge on any atom is 0.0683 e. The van der Waals surface area contributed by atoms with Crippen LogP contribution < -0.4 is 0 Å². The molecule has 0 radical (unpaired) electrons. The zero-order valence-corrected chi connectivity index (χ0v) is 10.6. The van der Waals surface area contributed by atoms with E-state index < -0.39 is 0 Å². The summed E-state index contributed by atoms with van der Waals surface area (Å²) in [5, 5.41) is 10.9. The number of hydrogen-bond donors (Lipinski definition) is 1. The molecular formula is C15H26O. The van der Waals surface area contributed by atoms with Crippen LogP contribution in [0.25, 0.3) is 0 Å². The molecule has 1 N–H and O–H groups in total. The molecule has 0 aliphatic heterocycles. The van der Waals surface area contributed by atoms with Crippen LogP contribution >= 0.6 is 0 Å². The highest BCUT2D eigenvalue weighted by atomic mass is 16.3. The van der Waals surface area contributed by atoms with E-state index in [0.29, 0.717) is 5.92 Å². The van der Waals surface area contributed by atoms with Gasteiger partial charge in [0.05, 0.1) is 5.60 Å². The largest absolute Gasteiger partial charge is 0.390 e. The monoisotopic (exact) mass is 222 g/mol. The van der Waals surface area contributed by atoms with Crippen molar-refractivity contribution in [1.29, 1.82) is 0 Å². The smallest absolute Gasteiger partial charge is 0.0683 e. The maximum absolute atomic E-state index is 10.9. The van der Waals surface area contributed by atoms with Crippen molar-refractivity contribution in [1.82, 2.24) is 0 Å². The van der Waals surface area contributed by atoms with Crippen LogP contribution in [0.3, 0.4) is 0 Å². The summed E-state index contributed by atoms with van der Waals surface area (Å²) in [6.45, 7) is 2.27. The second kappa shape index (κ2) is 4.01. The molecule has 0 amide bonds. The van der Waals surface area contributed by atoms with Crippen LogP contribution in [-0.2, 0) is 0 Å². The molecular weight excluding hydrogens is 196 g/mol. The highest BCUT2D eigenvalue weighted by Crippen LogP contribution is 2.59. The first-order valence-electron chi connectivity index (χ1n) is 7.43. The fourth-order valence-electron chi connectivity index (χ4n) is 5.22. The van der Waals surface area contributed by atoms with E-state index in [-0.39, 0.29) is 5.60 Å². The number of hydrogen-bond acceptors (Lipinski definition) is 1. The Morgan fingerprint density at radius 3 is 2.31 bits per heavy atom. The Hall–Kier alpha value is -0.0400. The Labute approximate surface area is 99.6 Å². The van der Waals surface area contributed by atoms with Gasteiger partial charge in [0.25, 0.3) is 0 Å². The van der Waals surface area contributed by atoms with Crippen molar-refractivity contribution in [2.45, 2.75) is 70.3 Å². The normalized spacial score (nSPS) is 49.9. The van der Waals surface area contributed by atoms with Crippen LogP contribution in [0, 0.1) is 23.7 Å². The number of aliphatic hydroxyl groups is 1. The van der Waals surface area contributed by atoms with Gasteiger partial charge in [-0.2, -0.15) is 0 Å². The summed E-state index contributed by atoms with van der Waals surface area (Å²) in [5.74, 6) is 3.30. The molecule has 0 aromatic rings. The minimum Gasteiger partial charge on any atom is -0.390 e. The average Bonchev–Trinajstić information content (AvgIpc) is 2.20. The van der Waals surface area contributed by atoms with Crippen LogP contribution in [0.4, 0.5) is 0 Å². The molecule has 3 atom stereocenters. The van der Waals surface area contributed by atoms with Crippen molar-refractivity contribution in [3.63, 3.8) is 0 Å². The second-order valence-electron chi connectivity index (χ2n) is 6.81. The third kappa shape index (κ3) is 1.72. The van der Waals surface area contributed by atoms with E-state index in [2.05, 4.69) is 6.92 Å². The number of unbranched alkanes of at least 4 members (excludes halogenated alkanes) is 2. The molecule has 16 heavy (non-hydrogen) atoms. The van der Waals surface area contributed by atoms with Crippen molar-refractivity contribution in [3.8, 4) is 0 Å². The minimum atomic E-state index is -0.234. The third-order valence-electron chi connectivity index (χ3n) is 5.60. The SMILES string of the molecule is CCCCCC1C2CC3CC(C2)CC1(O)C3. The predicted octanol–water partition coefficient (Wildman–Crippen LogP) is 3.75. The lowest BCUT2D eigenvalue weighted by Crippen LogP contribution is -2.57. The number of rotatable bonds is 4. The molecule has 4 aliphatic carbocycles. The zero-order valence-electron chi connectivity index (χ0n) is 10.6. The summed E-state index contributed by atoms with van der Waals surface area (Å²) in [7, 11) is 0. The van der Waals surface area contributed by atoms with Crippen LogP contribution in [0.15, 0.2) is 0 Å². The summed E-state index contributed by atoms with van der Waals surface area (Å²) in [5.41, 5.74) is -0.234. The van der Waals surface area contributed by atoms with Gasteiger partial charge in [0.15, 0.2) is 0 Å². The highest BCUT2D eigenvalue weighted by Gasteiger charge is 2.55. The van der Waals surface area contributed by atoms with Crippen molar-refractivity contribution in [2.75, 3.05) is 0 Å². The van der Waals surface area contributed by atoms with E-state index in [9.17, 15) is 5.11 Å². The molecule has 1 heteroatoms. The van der Waals surface area contributed by atoms with Gasteiger partial charge >= 0.3 is 0 Å². The molecule has 0 spiro atoms.